The largest absolute Gasteiger partial charge is 0.495 e. The molecule has 29 heavy (non-hydrogen) atoms. The van der Waals surface area contributed by atoms with E-state index in [1.165, 1.54) is 19.4 Å². The highest BCUT2D eigenvalue weighted by molar-refractivity contribution is 7.92. The Morgan fingerprint density at radius 3 is 2.69 bits per heavy atom. The maximum Gasteiger partial charge on any atom is 0.289 e. The number of carbonyl (C=O) groups is 1. The molecular weight excluding hydrogens is 392 g/mol. The highest BCUT2D eigenvalue weighted by atomic mass is 32.2. The molecule has 1 aliphatic heterocycles. The van der Waals surface area contributed by atoms with E-state index in [0.29, 0.717) is 31.0 Å². The molecule has 0 atom stereocenters. The van der Waals surface area contributed by atoms with E-state index in [4.69, 9.17) is 9.15 Å². The number of ether oxygens (including phenoxy) is 1. The quantitative estimate of drug-likeness (QED) is 0.695. The molecule has 0 bridgehead atoms. The normalized spacial score (nSPS) is 13.6. The van der Waals surface area contributed by atoms with Crippen LogP contribution in [0.25, 0.3) is 0 Å². The number of rotatable bonds is 5. The number of para-hydroxylation sites is 1. The third kappa shape index (κ3) is 3.84. The molecule has 1 amide bonds. The zero-order valence-corrected chi connectivity index (χ0v) is 16.6. The van der Waals surface area contributed by atoms with Gasteiger partial charge in [-0.25, -0.2) is 8.42 Å². The zero-order chi connectivity index (χ0) is 20.4. The molecule has 8 heteroatoms. The van der Waals surface area contributed by atoms with Crippen LogP contribution in [0.2, 0.25) is 0 Å². The number of fused-ring (bicyclic) bond motifs is 1. The monoisotopic (exact) mass is 412 g/mol. The minimum Gasteiger partial charge on any atom is -0.495 e. The molecule has 2 heterocycles. The molecule has 1 N–H and O–H groups in total. The molecule has 0 aliphatic carbocycles. The van der Waals surface area contributed by atoms with Crippen molar-refractivity contribution >= 4 is 21.6 Å². The van der Waals surface area contributed by atoms with Crippen molar-refractivity contribution < 1.29 is 22.4 Å². The first-order chi connectivity index (χ1) is 14.0. The fourth-order valence-corrected chi connectivity index (χ4v) is 4.62. The third-order valence-electron chi connectivity index (χ3n) is 4.85. The summed E-state index contributed by atoms with van der Waals surface area (Å²) in [4.78, 5) is 14.3. The number of nitrogens with zero attached hydrogens (tertiary/aromatic N) is 1. The first-order valence-electron chi connectivity index (χ1n) is 9.08. The Bertz CT molecular complexity index is 1140. The number of carbonyl (C=O) groups excluding carboxylic acids is 1. The first-order valence-corrected chi connectivity index (χ1v) is 10.6. The lowest BCUT2D eigenvalue weighted by Gasteiger charge is -2.28. The van der Waals surface area contributed by atoms with Crippen molar-refractivity contribution in [2.75, 3.05) is 18.4 Å². The van der Waals surface area contributed by atoms with Crippen molar-refractivity contribution in [1.82, 2.24) is 4.90 Å². The standard InChI is InChI=1S/C21H20N2O5S/c1-27-18-5-2-3-7-20(18)29(25,26)22-17-9-8-15-10-11-23(14-16(15)13-17)21(24)19-6-4-12-28-19/h2-9,12-13,22H,10-11,14H2,1H3. The van der Waals surface area contributed by atoms with E-state index < -0.39 is 10.0 Å². The number of methoxy groups -OCH3 is 1. The van der Waals surface area contributed by atoms with Gasteiger partial charge in [0.15, 0.2) is 5.76 Å². The molecule has 0 saturated carbocycles. The molecule has 1 aromatic heterocycles. The number of benzene rings is 2. The number of anilines is 1. The number of furan rings is 1. The highest BCUT2D eigenvalue weighted by Gasteiger charge is 2.25. The van der Waals surface area contributed by atoms with Crippen molar-refractivity contribution in [3.05, 3.63) is 77.7 Å². The fraction of sp³-hybridized carbons (Fsp3) is 0.190. The van der Waals surface area contributed by atoms with Crippen LogP contribution in [0.4, 0.5) is 5.69 Å². The van der Waals surface area contributed by atoms with Crippen LogP contribution in [0.3, 0.4) is 0 Å². The number of hydrogen-bond acceptors (Lipinski definition) is 5. The molecule has 0 radical (unpaired) electrons. The summed E-state index contributed by atoms with van der Waals surface area (Å²) in [7, 11) is -2.39. The predicted octanol–water partition coefficient (Wildman–Crippen LogP) is 3.29. The Morgan fingerprint density at radius 2 is 1.93 bits per heavy atom. The summed E-state index contributed by atoms with van der Waals surface area (Å²) in [5, 5.41) is 0. The van der Waals surface area contributed by atoms with Gasteiger partial charge in [0.2, 0.25) is 0 Å². The molecule has 0 saturated heterocycles. The molecule has 150 valence electrons. The fourth-order valence-electron chi connectivity index (χ4n) is 3.40. The Balaban J connectivity index is 1.57. The van der Waals surface area contributed by atoms with Crippen LogP contribution in [-0.4, -0.2) is 32.9 Å². The minimum atomic E-state index is -3.82. The smallest absolute Gasteiger partial charge is 0.289 e. The van der Waals surface area contributed by atoms with Gasteiger partial charge in [-0.05, 0) is 53.9 Å². The topological polar surface area (TPSA) is 88.9 Å². The van der Waals surface area contributed by atoms with Gasteiger partial charge in [0.25, 0.3) is 15.9 Å². The van der Waals surface area contributed by atoms with Crippen molar-refractivity contribution in [3.8, 4) is 5.75 Å². The van der Waals surface area contributed by atoms with Gasteiger partial charge in [-0.1, -0.05) is 18.2 Å². The van der Waals surface area contributed by atoms with Gasteiger partial charge in [-0.2, -0.15) is 0 Å². The number of amides is 1. The van der Waals surface area contributed by atoms with Gasteiger partial charge in [0.05, 0.1) is 13.4 Å². The number of nitrogens with one attached hydrogen (secondary N) is 1. The van der Waals surface area contributed by atoms with Gasteiger partial charge in [-0.3, -0.25) is 9.52 Å². The van der Waals surface area contributed by atoms with E-state index in [9.17, 15) is 13.2 Å². The molecule has 4 rings (SSSR count). The summed E-state index contributed by atoms with van der Waals surface area (Å²) < 4.78 is 38.6. The van der Waals surface area contributed by atoms with Crippen molar-refractivity contribution in [1.29, 1.82) is 0 Å². The number of sulfonamides is 1. The van der Waals surface area contributed by atoms with Gasteiger partial charge in [0, 0.05) is 18.8 Å². The molecular formula is C21H20N2O5S. The third-order valence-corrected chi connectivity index (χ3v) is 6.27. The first kappa shape index (κ1) is 19.1. The van der Waals surface area contributed by atoms with Gasteiger partial charge < -0.3 is 14.1 Å². The summed E-state index contributed by atoms with van der Waals surface area (Å²) in [6.07, 6.45) is 2.16. The molecule has 0 unspecified atom stereocenters. The molecule has 1 aliphatic rings. The summed E-state index contributed by atoms with van der Waals surface area (Å²) >= 11 is 0. The Labute approximate surface area is 169 Å². The van der Waals surface area contributed by atoms with E-state index in [1.54, 1.807) is 47.4 Å². The van der Waals surface area contributed by atoms with E-state index in [1.807, 2.05) is 6.07 Å². The van der Waals surface area contributed by atoms with Crippen molar-refractivity contribution in [2.24, 2.45) is 0 Å². The average molecular weight is 412 g/mol. The van der Waals surface area contributed by atoms with Gasteiger partial charge in [0.1, 0.15) is 10.6 Å². The zero-order valence-electron chi connectivity index (χ0n) is 15.8. The van der Waals surface area contributed by atoms with Crippen molar-refractivity contribution in [2.45, 2.75) is 17.9 Å². The number of hydrogen-bond donors (Lipinski definition) is 1. The van der Waals surface area contributed by atoms with Crippen LogP contribution < -0.4 is 9.46 Å². The van der Waals surface area contributed by atoms with Crippen molar-refractivity contribution in [3.63, 3.8) is 0 Å². The maximum atomic E-state index is 12.8. The van der Waals surface area contributed by atoms with Gasteiger partial charge in [-0.15, -0.1) is 0 Å². The molecule has 2 aromatic carbocycles. The van der Waals surface area contributed by atoms with Gasteiger partial charge >= 0.3 is 0 Å². The van der Waals surface area contributed by atoms with Crippen LogP contribution in [0.5, 0.6) is 5.75 Å². The molecule has 0 spiro atoms. The highest BCUT2D eigenvalue weighted by Crippen LogP contribution is 2.28. The van der Waals surface area contributed by atoms with Crippen LogP contribution in [0.1, 0.15) is 21.7 Å². The second-order valence-corrected chi connectivity index (χ2v) is 8.34. The van der Waals surface area contributed by atoms with Crippen LogP contribution >= 0.6 is 0 Å². The lowest BCUT2D eigenvalue weighted by atomic mass is 9.99. The molecule has 0 fully saturated rings. The van der Waals surface area contributed by atoms with E-state index in [-0.39, 0.29) is 16.6 Å². The van der Waals surface area contributed by atoms with E-state index in [2.05, 4.69) is 4.72 Å². The second-order valence-electron chi connectivity index (χ2n) is 6.69. The second kappa shape index (κ2) is 7.63. The summed E-state index contributed by atoms with van der Waals surface area (Å²) in [5.74, 6) is 0.385. The SMILES string of the molecule is COc1ccccc1S(=O)(=O)Nc1ccc2c(c1)CN(C(=O)c1ccco1)CC2. The predicted molar refractivity (Wildman–Crippen MR) is 107 cm³/mol. The van der Waals surface area contributed by atoms with E-state index >= 15 is 0 Å². The Morgan fingerprint density at radius 1 is 1.10 bits per heavy atom. The lowest BCUT2D eigenvalue weighted by molar-refractivity contribution is 0.0702. The summed E-state index contributed by atoms with van der Waals surface area (Å²) in [5.41, 5.74) is 2.42. The minimum absolute atomic E-state index is 0.0647. The maximum absolute atomic E-state index is 12.8. The lowest BCUT2D eigenvalue weighted by Crippen LogP contribution is -2.35. The average Bonchev–Trinajstić information content (AvgIpc) is 3.27. The summed E-state index contributed by atoms with van der Waals surface area (Å²) in [6, 6.07) is 15.1. The van der Waals surface area contributed by atoms with Crippen LogP contribution in [0.15, 0.2) is 70.2 Å². The van der Waals surface area contributed by atoms with Crippen LogP contribution in [-0.2, 0) is 23.0 Å². The molecule has 7 nitrogen and oxygen atoms in total. The summed E-state index contributed by atoms with van der Waals surface area (Å²) in [6.45, 7) is 0.970. The van der Waals surface area contributed by atoms with E-state index in [0.717, 1.165) is 11.1 Å². The molecule has 3 aromatic rings. The Kier molecular flexibility index (Phi) is 5.02. The Hall–Kier alpha value is -3.26. The van der Waals surface area contributed by atoms with Crippen LogP contribution in [0, 0.1) is 0 Å².